The van der Waals surface area contributed by atoms with Gasteiger partial charge in [0.05, 0.1) is 24.1 Å². The topological polar surface area (TPSA) is 93.5 Å². The Balaban J connectivity index is 1.60. The van der Waals surface area contributed by atoms with Gasteiger partial charge in [0.2, 0.25) is 5.91 Å². The number of para-hydroxylation sites is 1. The van der Waals surface area contributed by atoms with E-state index in [1.54, 1.807) is 30.0 Å². The number of methoxy groups -OCH3 is 1. The van der Waals surface area contributed by atoms with Crippen LogP contribution in [-0.4, -0.2) is 33.9 Å². The number of aromatic nitrogens is 2. The Labute approximate surface area is 190 Å². The molecule has 0 radical (unpaired) electrons. The molecule has 3 aromatic carbocycles. The number of hydrogen-bond donors (Lipinski definition) is 2. The van der Waals surface area contributed by atoms with Crippen molar-refractivity contribution in [3.63, 3.8) is 0 Å². The molecule has 33 heavy (non-hydrogen) atoms. The third kappa shape index (κ3) is 5.16. The number of aromatic carboxylic acids is 1. The number of anilines is 1. The van der Waals surface area contributed by atoms with Gasteiger partial charge >= 0.3 is 5.97 Å². The van der Waals surface area contributed by atoms with E-state index < -0.39 is 5.97 Å². The van der Waals surface area contributed by atoms with Gasteiger partial charge < -0.3 is 15.2 Å². The summed E-state index contributed by atoms with van der Waals surface area (Å²) in [4.78, 5) is 23.4. The average molecular weight is 439 g/mol. The van der Waals surface area contributed by atoms with Crippen molar-refractivity contribution >= 4 is 23.6 Å². The fourth-order valence-corrected chi connectivity index (χ4v) is 3.24. The zero-order valence-corrected chi connectivity index (χ0v) is 17.8. The lowest BCUT2D eigenvalue weighted by molar-refractivity contribution is -0.111. The lowest BCUT2D eigenvalue weighted by atomic mass is 10.1. The maximum Gasteiger partial charge on any atom is 0.335 e. The van der Waals surface area contributed by atoms with Crippen LogP contribution in [0.4, 0.5) is 5.69 Å². The lowest BCUT2D eigenvalue weighted by Crippen LogP contribution is -2.08. The molecule has 0 fully saturated rings. The van der Waals surface area contributed by atoms with Gasteiger partial charge in [0.25, 0.3) is 0 Å². The van der Waals surface area contributed by atoms with Gasteiger partial charge in [-0.3, -0.25) is 4.79 Å². The highest BCUT2D eigenvalue weighted by Gasteiger charge is 2.11. The minimum Gasteiger partial charge on any atom is -0.497 e. The molecule has 4 aromatic rings. The molecule has 2 N–H and O–H groups in total. The molecule has 7 nitrogen and oxygen atoms in total. The van der Waals surface area contributed by atoms with E-state index in [1.165, 1.54) is 18.2 Å². The maximum absolute atomic E-state index is 12.5. The van der Waals surface area contributed by atoms with Crippen LogP contribution in [-0.2, 0) is 4.79 Å². The van der Waals surface area contributed by atoms with Gasteiger partial charge in [0, 0.05) is 29.1 Å². The van der Waals surface area contributed by atoms with Crippen molar-refractivity contribution in [1.29, 1.82) is 0 Å². The largest absolute Gasteiger partial charge is 0.497 e. The van der Waals surface area contributed by atoms with E-state index in [0.29, 0.717) is 5.69 Å². The summed E-state index contributed by atoms with van der Waals surface area (Å²) in [6.45, 7) is 0. The van der Waals surface area contributed by atoms with E-state index in [4.69, 9.17) is 14.9 Å². The Morgan fingerprint density at radius 1 is 0.970 bits per heavy atom. The molecule has 7 heteroatoms. The average Bonchev–Trinajstić information content (AvgIpc) is 3.28. The highest BCUT2D eigenvalue weighted by molar-refractivity contribution is 6.02. The number of benzene rings is 3. The van der Waals surface area contributed by atoms with Gasteiger partial charge in [0.1, 0.15) is 5.75 Å². The summed E-state index contributed by atoms with van der Waals surface area (Å²) in [6, 6.07) is 23.2. The van der Waals surface area contributed by atoms with Crippen LogP contribution in [0.15, 0.2) is 91.1 Å². The SMILES string of the molecule is COc1ccc(-c2nn(-c3ccccc3)cc2/C=C/C(=O)Nc2ccc(C(=O)O)cc2)cc1. The van der Waals surface area contributed by atoms with Crippen LogP contribution in [0.5, 0.6) is 5.75 Å². The zero-order chi connectivity index (χ0) is 23.2. The molecule has 0 saturated heterocycles. The summed E-state index contributed by atoms with van der Waals surface area (Å²) in [5.41, 5.74) is 3.92. The van der Waals surface area contributed by atoms with Gasteiger partial charge in [-0.2, -0.15) is 5.10 Å². The fraction of sp³-hybridized carbons (Fsp3) is 0.0385. The summed E-state index contributed by atoms with van der Waals surface area (Å²) in [6.07, 6.45) is 4.98. The molecule has 0 aliphatic carbocycles. The van der Waals surface area contributed by atoms with Crippen molar-refractivity contribution in [2.24, 2.45) is 0 Å². The molecular formula is C26H21N3O4. The van der Waals surface area contributed by atoms with Gasteiger partial charge in [-0.1, -0.05) is 18.2 Å². The molecule has 0 aliphatic heterocycles. The first-order chi connectivity index (χ1) is 16.0. The van der Waals surface area contributed by atoms with Gasteiger partial charge in [0.15, 0.2) is 0 Å². The smallest absolute Gasteiger partial charge is 0.335 e. The Bertz CT molecular complexity index is 1290. The van der Waals surface area contributed by atoms with Crippen LogP contribution in [0.25, 0.3) is 23.0 Å². The van der Waals surface area contributed by atoms with E-state index in [9.17, 15) is 9.59 Å². The molecule has 1 heterocycles. The van der Waals surface area contributed by atoms with E-state index >= 15 is 0 Å². The number of carbonyl (C=O) groups is 2. The number of carbonyl (C=O) groups excluding carboxylic acids is 1. The monoisotopic (exact) mass is 439 g/mol. The molecule has 0 atom stereocenters. The maximum atomic E-state index is 12.5. The highest BCUT2D eigenvalue weighted by atomic mass is 16.5. The van der Waals surface area contributed by atoms with Crippen molar-refractivity contribution < 1.29 is 19.4 Å². The molecule has 0 unspecified atom stereocenters. The van der Waals surface area contributed by atoms with Crippen molar-refractivity contribution in [2.45, 2.75) is 0 Å². The molecule has 0 saturated carbocycles. The van der Waals surface area contributed by atoms with Crippen molar-refractivity contribution in [1.82, 2.24) is 9.78 Å². The number of nitrogens with zero attached hydrogens (tertiary/aromatic N) is 2. The van der Waals surface area contributed by atoms with Crippen molar-refractivity contribution in [2.75, 3.05) is 12.4 Å². The Kier molecular flexibility index (Phi) is 6.31. The third-order valence-corrected chi connectivity index (χ3v) is 4.94. The molecular weight excluding hydrogens is 418 g/mol. The van der Waals surface area contributed by atoms with E-state index in [2.05, 4.69) is 5.32 Å². The van der Waals surface area contributed by atoms with E-state index in [-0.39, 0.29) is 11.5 Å². The highest BCUT2D eigenvalue weighted by Crippen LogP contribution is 2.26. The number of ether oxygens (including phenoxy) is 1. The van der Waals surface area contributed by atoms with Crippen LogP contribution in [0.1, 0.15) is 15.9 Å². The second-order valence-corrected chi connectivity index (χ2v) is 7.15. The first-order valence-electron chi connectivity index (χ1n) is 10.2. The Hall–Kier alpha value is -4.65. The quantitative estimate of drug-likeness (QED) is 0.400. The van der Waals surface area contributed by atoms with Gasteiger partial charge in [-0.25, -0.2) is 9.48 Å². The number of carboxylic acids is 1. The molecule has 1 aromatic heterocycles. The molecule has 0 aliphatic rings. The summed E-state index contributed by atoms with van der Waals surface area (Å²) >= 11 is 0. The summed E-state index contributed by atoms with van der Waals surface area (Å²) in [7, 11) is 1.61. The predicted octanol–water partition coefficient (Wildman–Crippen LogP) is 4.90. The number of amides is 1. The van der Waals surface area contributed by atoms with Crippen LogP contribution < -0.4 is 10.1 Å². The van der Waals surface area contributed by atoms with Crippen molar-refractivity contribution in [3.05, 3.63) is 102 Å². The lowest BCUT2D eigenvalue weighted by Gasteiger charge is -2.03. The van der Waals surface area contributed by atoms with Crippen molar-refractivity contribution in [3.8, 4) is 22.7 Å². The number of nitrogens with one attached hydrogen (secondary N) is 1. The fourth-order valence-electron chi connectivity index (χ4n) is 3.24. The van der Waals surface area contributed by atoms with Gasteiger partial charge in [-0.15, -0.1) is 0 Å². The minimum atomic E-state index is -1.02. The standard InChI is InChI=1S/C26H21N3O4/c1-33-23-14-9-18(10-15-23)25-20(17-29(28-25)22-5-3-2-4-6-22)11-16-24(30)27-21-12-7-19(8-13-21)26(31)32/h2-17H,1H3,(H,27,30)(H,31,32)/b16-11+. The molecule has 0 bridgehead atoms. The zero-order valence-electron chi connectivity index (χ0n) is 17.8. The predicted molar refractivity (Wildman–Crippen MR) is 127 cm³/mol. The molecule has 4 rings (SSSR count). The second kappa shape index (κ2) is 9.65. The third-order valence-electron chi connectivity index (χ3n) is 4.94. The second-order valence-electron chi connectivity index (χ2n) is 7.15. The summed E-state index contributed by atoms with van der Waals surface area (Å²) in [5, 5.41) is 16.4. The number of hydrogen-bond acceptors (Lipinski definition) is 4. The minimum absolute atomic E-state index is 0.154. The van der Waals surface area contributed by atoms with Crippen LogP contribution in [0, 0.1) is 0 Å². The van der Waals surface area contributed by atoms with Crippen LogP contribution >= 0.6 is 0 Å². The first kappa shape index (κ1) is 21.6. The normalized spacial score (nSPS) is 10.8. The molecule has 164 valence electrons. The number of rotatable bonds is 7. The summed E-state index contributed by atoms with van der Waals surface area (Å²) in [5.74, 6) is -0.618. The Morgan fingerprint density at radius 3 is 2.30 bits per heavy atom. The Morgan fingerprint density at radius 2 is 1.67 bits per heavy atom. The van der Waals surface area contributed by atoms with E-state index in [1.807, 2.05) is 60.8 Å². The van der Waals surface area contributed by atoms with Crippen LogP contribution in [0.2, 0.25) is 0 Å². The van der Waals surface area contributed by atoms with E-state index in [0.717, 1.165) is 28.3 Å². The first-order valence-corrected chi connectivity index (χ1v) is 10.2. The summed E-state index contributed by atoms with van der Waals surface area (Å²) < 4.78 is 7.01. The van der Waals surface area contributed by atoms with Crippen LogP contribution in [0.3, 0.4) is 0 Å². The van der Waals surface area contributed by atoms with Gasteiger partial charge in [-0.05, 0) is 66.7 Å². The molecule has 0 spiro atoms. The number of carboxylic acid groups (broad SMARTS) is 1. The molecule has 1 amide bonds.